The van der Waals surface area contributed by atoms with Gasteiger partial charge in [0, 0.05) is 0 Å². The van der Waals surface area contributed by atoms with Crippen LogP contribution in [0.5, 0.6) is 0 Å². The predicted molar refractivity (Wildman–Crippen MR) is 75.8 cm³/mol. The molecule has 0 saturated carbocycles. The van der Waals surface area contributed by atoms with Crippen LogP contribution in [-0.4, -0.2) is 5.91 Å². The number of nitrogens with one attached hydrogen (secondary N) is 1. The van der Waals surface area contributed by atoms with Crippen molar-refractivity contribution in [2.24, 2.45) is 0 Å². The van der Waals surface area contributed by atoms with Crippen LogP contribution in [0.15, 0.2) is 36.4 Å². The topological polar surface area (TPSA) is 29.1 Å². The van der Waals surface area contributed by atoms with E-state index in [9.17, 15) is 9.18 Å². The molecule has 0 aliphatic rings. The molecule has 2 aromatic carbocycles. The molecule has 0 bridgehead atoms. The standard InChI is InChI=1S/C13H7Cl3FNO/c14-9-3-1-2-8(12(9)16)13(19)18-11-5-4-7(17)6-10(11)15/h1-6H,(H,18,19). The summed E-state index contributed by atoms with van der Waals surface area (Å²) in [5.74, 6) is -0.954. The van der Waals surface area contributed by atoms with Crippen molar-refractivity contribution in [2.75, 3.05) is 5.32 Å². The van der Waals surface area contributed by atoms with E-state index in [1.54, 1.807) is 12.1 Å². The number of amides is 1. The Bertz CT molecular complexity index is 646. The highest BCUT2D eigenvalue weighted by Gasteiger charge is 2.14. The van der Waals surface area contributed by atoms with Gasteiger partial charge >= 0.3 is 0 Å². The van der Waals surface area contributed by atoms with Gasteiger partial charge in [0.05, 0.1) is 26.3 Å². The van der Waals surface area contributed by atoms with Crippen LogP contribution in [0.1, 0.15) is 10.4 Å². The van der Waals surface area contributed by atoms with Crippen molar-refractivity contribution in [3.05, 3.63) is 62.8 Å². The fourth-order valence-electron chi connectivity index (χ4n) is 1.46. The molecule has 0 spiro atoms. The quantitative estimate of drug-likeness (QED) is 0.826. The van der Waals surface area contributed by atoms with Crippen LogP contribution in [-0.2, 0) is 0 Å². The first-order chi connectivity index (χ1) is 8.99. The van der Waals surface area contributed by atoms with E-state index in [0.717, 1.165) is 6.07 Å². The normalized spacial score (nSPS) is 10.3. The molecule has 6 heteroatoms. The third kappa shape index (κ3) is 3.18. The lowest BCUT2D eigenvalue weighted by Gasteiger charge is -2.09. The first-order valence-electron chi connectivity index (χ1n) is 5.19. The summed E-state index contributed by atoms with van der Waals surface area (Å²) in [6.07, 6.45) is 0. The van der Waals surface area contributed by atoms with E-state index in [1.165, 1.54) is 18.2 Å². The molecule has 19 heavy (non-hydrogen) atoms. The van der Waals surface area contributed by atoms with Crippen molar-refractivity contribution >= 4 is 46.4 Å². The van der Waals surface area contributed by atoms with Gasteiger partial charge in [-0.2, -0.15) is 0 Å². The lowest BCUT2D eigenvalue weighted by Crippen LogP contribution is -2.12. The predicted octanol–water partition coefficient (Wildman–Crippen LogP) is 5.04. The van der Waals surface area contributed by atoms with Gasteiger partial charge in [-0.15, -0.1) is 0 Å². The van der Waals surface area contributed by atoms with Gasteiger partial charge in [0.15, 0.2) is 0 Å². The average Bonchev–Trinajstić information content (AvgIpc) is 2.36. The van der Waals surface area contributed by atoms with Crippen LogP contribution in [0, 0.1) is 5.82 Å². The summed E-state index contributed by atoms with van der Waals surface area (Å²) in [5.41, 5.74) is 0.513. The minimum Gasteiger partial charge on any atom is -0.321 e. The first-order valence-corrected chi connectivity index (χ1v) is 6.33. The molecule has 2 aromatic rings. The second kappa shape index (κ2) is 5.78. The maximum atomic E-state index is 12.9. The number of benzene rings is 2. The SMILES string of the molecule is O=C(Nc1ccc(F)cc1Cl)c1cccc(Cl)c1Cl. The van der Waals surface area contributed by atoms with Gasteiger partial charge in [0.25, 0.3) is 5.91 Å². The number of rotatable bonds is 2. The Morgan fingerprint density at radius 2 is 1.79 bits per heavy atom. The molecule has 0 unspecified atom stereocenters. The lowest BCUT2D eigenvalue weighted by atomic mass is 10.2. The molecule has 0 aromatic heterocycles. The van der Waals surface area contributed by atoms with Gasteiger partial charge in [0.1, 0.15) is 5.82 Å². The van der Waals surface area contributed by atoms with E-state index >= 15 is 0 Å². The Hall–Kier alpha value is -1.29. The molecular formula is C13H7Cl3FNO. The lowest BCUT2D eigenvalue weighted by molar-refractivity contribution is 0.102. The van der Waals surface area contributed by atoms with Crippen molar-refractivity contribution in [3.63, 3.8) is 0 Å². The highest BCUT2D eigenvalue weighted by atomic mass is 35.5. The third-order valence-electron chi connectivity index (χ3n) is 2.38. The highest BCUT2D eigenvalue weighted by Crippen LogP contribution is 2.28. The van der Waals surface area contributed by atoms with E-state index in [0.29, 0.717) is 5.69 Å². The van der Waals surface area contributed by atoms with Crippen molar-refractivity contribution in [1.29, 1.82) is 0 Å². The van der Waals surface area contributed by atoms with E-state index in [-0.39, 0.29) is 20.6 Å². The number of anilines is 1. The number of hydrogen-bond acceptors (Lipinski definition) is 1. The van der Waals surface area contributed by atoms with Crippen LogP contribution in [0.2, 0.25) is 15.1 Å². The molecule has 0 atom stereocenters. The van der Waals surface area contributed by atoms with Gasteiger partial charge in [-0.05, 0) is 30.3 Å². The van der Waals surface area contributed by atoms with E-state index < -0.39 is 11.7 Å². The molecule has 0 fully saturated rings. The summed E-state index contributed by atoms with van der Waals surface area (Å²) in [7, 11) is 0. The monoisotopic (exact) mass is 317 g/mol. The third-order valence-corrected chi connectivity index (χ3v) is 3.51. The smallest absolute Gasteiger partial charge is 0.257 e. The molecule has 98 valence electrons. The van der Waals surface area contributed by atoms with Crippen molar-refractivity contribution < 1.29 is 9.18 Å². The zero-order chi connectivity index (χ0) is 14.0. The average molecular weight is 319 g/mol. The molecule has 1 amide bonds. The molecule has 1 N–H and O–H groups in total. The number of hydrogen-bond donors (Lipinski definition) is 1. The highest BCUT2D eigenvalue weighted by molar-refractivity contribution is 6.44. The van der Waals surface area contributed by atoms with Crippen LogP contribution in [0.4, 0.5) is 10.1 Å². The molecule has 2 nitrogen and oxygen atoms in total. The molecule has 0 radical (unpaired) electrons. The van der Waals surface area contributed by atoms with Crippen molar-refractivity contribution in [3.8, 4) is 0 Å². The van der Waals surface area contributed by atoms with Gasteiger partial charge in [0.2, 0.25) is 0 Å². The Morgan fingerprint density at radius 1 is 1.05 bits per heavy atom. The molecule has 2 rings (SSSR count). The Labute approximate surface area is 124 Å². The maximum absolute atomic E-state index is 12.9. The Morgan fingerprint density at radius 3 is 2.47 bits per heavy atom. The number of carbonyl (C=O) groups excluding carboxylic acids is 1. The van der Waals surface area contributed by atoms with Gasteiger partial charge < -0.3 is 5.32 Å². The van der Waals surface area contributed by atoms with Crippen molar-refractivity contribution in [2.45, 2.75) is 0 Å². The minimum atomic E-state index is -0.483. The molecule has 0 heterocycles. The van der Waals surface area contributed by atoms with Crippen LogP contribution in [0.3, 0.4) is 0 Å². The van der Waals surface area contributed by atoms with Gasteiger partial charge in [-0.3, -0.25) is 4.79 Å². The molecule has 0 aliphatic heterocycles. The Kier molecular flexibility index (Phi) is 4.30. The molecule has 0 aliphatic carbocycles. The van der Waals surface area contributed by atoms with Crippen LogP contribution < -0.4 is 5.32 Å². The van der Waals surface area contributed by atoms with Crippen LogP contribution in [0.25, 0.3) is 0 Å². The summed E-state index contributed by atoms with van der Waals surface area (Å²) >= 11 is 17.6. The van der Waals surface area contributed by atoms with E-state index in [4.69, 9.17) is 34.8 Å². The first kappa shape index (κ1) is 14.1. The van der Waals surface area contributed by atoms with Gasteiger partial charge in [-0.25, -0.2) is 4.39 Å². The number of carbonyl (C=O) groups is 1. The maximum Gasteiger partial charge on any atom is 0.257 e. The van der Waals surface area contributed by atoms with E-state index in [2.05, 4.69) is 5.32 Å². The number of halogens is 4. The second-order valence-corrected chi connectivity index (χ2v) is 4.87. The van der Waals surface area contributed by atoms with E-state index in [1.807, 2.05) is 0 Å². The summed E-state index contributed by atoms with van der Waals surface area (Å²) in [6.45, 7) is 0. The van der Waals surface area contributed by atoms with Gasteiger partial charge in [-0.1, -0.05) is 40.9 Å². The van der Waals surface area contributed by atoms with Crippen LogP contribution >= 0.6 is 34.8 Å². The summed E-state index contributed by atoms with van der Waals surface area (Å²) in [5, 5.41) is 3.07. The van der Waals surface area contributed by atoms with Crippen molar-refractivity contribution in [1.82, 2.24) is 0 Å². The zero-order valence-electron chi connectivity index (χ0n) is 9.38. The zero-order valence-corrected chi connectivity index (χ0v) is 11.7. The molecular weight excluding hydrogens is 312 g/mol. The second-order valence-electron chi connectivity index (χ2n) is 3.68. The summed E-state index contributed by atoms with van der Waals surface area (Å²) in [6, 6.07) is 8.38. The summed E-state index contributed by atoms with van der Waals surface area (Å²) in [4.78, 5) is 12.0. The fraction of sp³-hybridized carbons (Fsp3) is 0. The minimum absolute atomic E-state index is 0.103. The largest absolute Gasteiger partial charge is 0.321 e. The summed E-state index contributed by atoms with van der Waals surface area (Å²) < 4.78 is 12.9. The fourth-order valence-corrected chi connectivity index (χ4v) is 2.06. The molecule has 0 saturated heterocycles. The Balaban J connectivity index is 2.28.